The second kappa shape index (κ2) is 6.04. The number of carbonyl (C=O) groups excluding carboxylic acids is 1. The fourth-order valence-corrected chi connectivity index (χ4v) is 1.62. The van der Waals surface area contributed by atoms with Crippen LogP contribution in [0.25, 0.3) is 11.3 Å². The van der Waals surface area contributed by atoms with Crippen molar-refractivity contribution in [3.63, 3.8) is 0 Å². The Kier molecular flexibility index (Phi) is 4.18. The molecule has 0 radical (unpaired) electrons. The number of methoxy groups -OCH3 is 1. The van der Waals surface area contributed by atoms with Gasteiger partial charge in [-0.2, -0.15) is 0 Å². The van der Waals surface area contributed by atoms with Crippen LogP contribution in [-0.2, 0) is 16.0 Å². The van der Waals surface area contributed by atoms with Gasteiger partial charge in [-0.05, 0) is 30.3 Å². The molecule has 1 heterocycles. The molecule has 1 aromatic heterocycles. The summed E-state index contributed by atoms with van der Waals surface area (Å²) in [5.41, 5.74) is 1.51. The van der Waals surface area contributed by atoms with Gasteiger partial charge in [0.2, 0.25) is 0 Å². The van der Waals surface area contributed by atoms with Crippen molar-refractivity contribution < 1.29 is 13.9 Å². The molecule has 0 bridgehead atoms. The largest absolute Gasteiger partial charge is 0.469 e. The lowest BCUT2D eigenvalue weighted by atomic mass is 10.1. The number of halogens is 1. The number of hydrogen-bond acceptors (Lipinski definition) is 4. The van der Waals surface area contributed by atoms with Crippen LogP contribution in [0, 0.1) is 5.82 Å². The van der Waals surface area contributed by atoms with Gasteiger partial charge < -0.3 is 4.74 Å². The summed E-state index contributed by atoms with van der Waals surface area (Å²) < 4.78 is 17.4. The van der Waals surface area contributed by atoms with Crippen molar-refractivity contribution in [3.05, 3.63) is 48.2 Å². The van der Waals surface area contributed by atoms with E-state index in [1.807, 2.05) is 0 Å². The topological polar surface area (TPSA) is 52.1 Å². The molecule has 1 aromatic carbocycles. The Hall–Kier alpha value is -2.30. The van der Waals surface area contributed by atoms with Crippen molar-refractivity contribution in [2.75, 3.05) is 7.11 Å². The Morgan fingerprint density at radius 1 is 1.26 bits per heavy atom. The summed E-state index contributed by atoms with van der Waals surface area (Å²) in [5, 5.41) is 0. The third-order valence-electron chi connectivity index (χ3n) is 2.63. The van der Waals surface area contributed by atoms with Crippen LogP contribution in [0.3, 0.4) is 0 Å². The average Bonchev–Trinajstić information content (AvgIpc) is 2.46. The standard InChI is InChI=1S/C14H13FN2O2/c1-19-14(18)7-6-13-16-9-8-12(17-13)10-2-4-11(15)5-3-10/h2-5,8-9H,6-7H2,1H3. The first kappa shape index (κ1) is 13.1. The van der Waals surface area contributed by atoms with Crippen LogP contribution in [0.1, 0.15) is 12.2 Å². The second-order valence-electron chi connectivity index (χ2n) is 3.94. The van der Waals surface area contributed by atoms with Crippen LogP contribution >= 0.6 is 0 Å². The van der Waals surface area contributed by atoms with E-state index in [1.165, 1.54) is 19.2 Å². The number of aromatic nitrogens is 2. The van der Waals surface area contributed by atoms with Crippen LogP contribution in [0.2, 0.25) is 0 Å². The van der Waals surface area contributed by atoms with Crippen LogP contribution in [-0.4, -0.2) is 23.0 Å². The van der Waals surface area contributed by atoms with Gasteiger partial charge >= 0.3 is 5.97 Å². The Morgan fingerprint density at radius 3 is 2.68 bits per heavy atom. The molecule has 0 amide bonds. The van der Waals surface area contributed by atoms with Gasteiger partial charge in [0.05, 0.1) is 19.2 Å². The van der Waals surface area contributed by atoms with E-state index in [-0.39, 0.29) is 18.2 Å². The molecule has 0 spiro atoms. The summed E-state index contributed by atoms with van der Waals surface area (Å²) in [5.74, 6) is -0.0215. The molecule has 0 unspecified atom stereocenters. The molecule has 2 rings (SSSR count). The summed E-state index contributed by atoms with van der Waals surface area (Å²) >= 11 is 0. The van der Waals surface area contributed by atoms with Gasteiger partial charge in [-0.25, -0.2) is 14.4 Å². The molecule has 98 valence electrons. The Balaban J connectivity index is 2.15. The number of rotatable bonds is 4. The number of aryl methyl sites for hydroxylation is 1. The van der Waals surface area contributed by atoms with E-state index < -0.39 is 0 Å². The van der Waals surface area contributed by atoms with Gasteiger partial charge in [-0.15, -0.1) is 0 Å². The number of nitrogens with zero attached hydrogens (tertiary/aromatic N) is 2. The van der Waals surface area contributed by atoms with E-state index in [9.17, 15) is 9.18 Å². The lowest BCUT2D eigenvalue weighted by Gasteiger charge is -2.03. The van der Waals surface area contributed by atoms with Crippen molar-refractivity contribution in [3.8, 4) is 11.3 Å². The molecular weight excluding hydrogens is 247 g/mol. The molecule has 0 aliphatic rings. The lowest BCUT2D eigenvalue weighted by Crippen LogP contribution is -2.04. The molecule has 0 saturated heterocycles. The molecule has 0 aliphatic heterocycles. The fourth-order valence-electron chi connectivity index (χ4n) is 1.62. The fraction of sp³-hybridized carbons (Fsp3) is 0.214. The molecule has 2 aromatic rings. The molecular formula is C14H13FN2O2. The van der Waals surface area contributed by atoms with E-state index in [1.54, 1.807) is 24.4 Å². The monoisotopic (exact) mass is 260 g/mol. The van der Waals surface area contributed by atoms with E-state index >= 15 is 0 Å². The number of carbonyl (C=O) groups is 1. The van der Waals surface area contributed by atoms with Crippen molar-refractivity contribution in [1.82, 2.24) is 9.97 Å². The van der Waals surface area contributed by atoms with E-state index in [2.05, 4.69) is 14.7 Å². The number of benzene rings is 1. The summed E-state index contributed by atoms with van der Waals surface area (Å²) in [6.07, 6.45) is 2.28. The summed E-state index contributed by atoms with van der Waals surface area (Å²) in [7, 11) is 1.35. The van der Waals surface area contributed by atoms with Gasteiger partial charge in [-0.1, -0.05) is 0 Å². The maximum absolute atomic E-state index is 12.8. The summed E-state index contributed by atoms with van der Waals surface area (Å²) in [4.78, 5) is 19.5. The van der Waals surface area contributed by atoms with E-state index in [0.717, 1.165) is 5.56 Å². The van der Waals surface area contributed by atoms with Crippen LogP contribution < -0.4 is 0 Å². The first-order chi connectivity index (χ1) is 9.19. The minimum atomic E-state index is -0.296. The Labute approximate surface area is 110 Å². The highest BCUT2D eigenvalue weighted by Crippen LogP contribution is 2.17. The predicted molar refractivity (Wildman–Crippen MR) is 67.8 cm³/mol. The number of ether oxygens (including phenoxy) is 1. The highest BCUT2D eigenvalue weighted by Gasteiger charge is 2.06. The molecule has 0 aliphatic carbocycles. The van der Waals surface area contributed by atoms with E-state index in [4.69, 9.17) is 0 Å². The highest BCUT2D eigenvalue weighted by molar-refractivity contribution is 5.69. The zero-order valence-corrected chi connectivity index (χ0v) is 10.5. The first-order valence-corrected chi connectivity index (χ1v) is 5.83. The van der Waals surface area contributed by atoms with Crippen LogP contribution in [0.15, 0.2) is 36.5 Å². The van der Waals surface area contributed by atoms with Gasteiger partial charge in [0.1, 0.15) is 11.6 Å². The normalized spacial score (nSPS) is 10.2. The van der Waals surface area contributed by atoms with Crippen molar-refractivity contribution in [1.29, 1.82) is 0 Å². The van der Waals surface area contributed by atoms with Crippen molar-refractivity contribution >= 4 is 5.97 Å². The van der Waals surface area contributed by atoms with Crippen LogP contribution in [0.4, 0.5) is 4.39 Å². The molecule has 19 heavy (non-hydrogen) atoms. The molecule has 5 heteroatoms. The van der Waals surface area contributed by atoms with Gasteiger partial charge in [-0.3, -0.25) is 4.79 Å². The predicted octanol–water partition coefficient (Wildman–Crippen LogP) is 2.39. The van der Waals surface area contributed by atoms with Crippen molar-refractivity contribution in [2.45, 2.75) is 12.8 Å². The van der Waals surface area contributed by atoms with Gasteiger partial charge in [0.15, 0.2) is 0 Å². The third kappa shape index (κ3) is 3.58. The summed E-state index contributed by atoms with van der Waals surface area (Å²) in [6.45, 7) is 0. The molecule has 4 nitrogen and oxygen atoms in total. The maximum atomic E-state index is 12.8. The van der Waals surface area contributed by atoms with Gasteiger partial charge in [0.25, 0.3) is 0 Å². The van der Waals surface area contributed by atoms with Gasteiger partial charge in [0, 0.05) is 18.2 Å². The Bertz CT molecular complexity index is 570. The third-order valence-corrected chi connectivity index (χ3v) is 2.63. The van der Waals surface area contributed by atoms with E-state index in [0.29, 0.717) is 17.9 Å². The van der Waals surface area contributed by atoms with Crippen LogP contribution in [0.5, 0.6) is 0 Å². The minimum absolute atomic E-state index is 0.239. The quantitative estimate of drug-likeness (QED) is 0.792. The zero-order valence-electron chi connectivity index (χ0n) is 10.5. The average molecular weight is 260 g/mol. The first-order valence-electron chi connectivity index (χ1n) is 5.83. The Morgan fingerprint density at radius 2 is 2.00 bits per heavy atom. The smallest absolute Gasteiger partial charge is 0.305 e. The van der Waals surface area contributed by atoms with Crippen molar-refractivity contribution in [2.24, 2.45) is 0 Å². The second-order valence-corrected chi connectivity index (χ2v) is 3.94. The molecule has 0 fully saturated rings. The molecule has 0 saturated carbocycles. The molecule has 0 atom stereocenters. The maximum Gasteiger partial charge on any atom is 0.305 e. The molecule has 0 N–H and O–H groups in total. The summed E-state index contributed by atoms with van der Waals surface area (Å²) in [6, 6.07) is 7.81. The zero-order chi connectivity index (χ0) is 13.7. The minimum Gasteiger partial charge on any atom is -0.469 e. The number of hydrogen-bond donors (Lipinski definition) is 0. The lowest BCUT2D eigenvalue weighted by molar-refractivity contribution is -0.140. The SMILES string of the molecule is COC(=O)CCc1nccc(-c2ccc(F)cc2)n1. The highest BCUT2D eigenvalue weighted by atomic mass is 19.1. The number of esters is 1.